The van der Waals surface area contributed by atoms with Gasteiger partial charge in [0.25, 0.3) is 0 Å². The highest BCUT2D eigenvalue weighted by molar-refractivity contribution is 7.98. The zero-order valence-corrected chi connectivity index (χ0v) is 17.5. The second kappa shape index (κ2) is 8.02. The smallest absolute Gasteiger partial charge is 0.339 e. The summed E-state index contributed by atoms with van der Waals surface area (Å²) in [5.74, 6) is -0.282. The Kier molecular flexibility index (Phi) is 5.47. The average Bonchev–Trinajstić information content (AvgIpc) is 2.91. The summed E-state index contributed by atoms with van der Waals surface area (Å²) in [5, 5.41) is 0.711. The summed E-state index contributed by atoms with van der Waals surface area (Å²) in [6.07, 6.45) is 4.94. The summed E-state index contributed by atoms with van der Waals surface area (Å²) in [4.78, 5) is 13.8. The molecule has 1 aliphatic carbocycles. The number of hydrogen-bond acceptors (Lipinski definition) is 3. The Hall–Kier alpha value is -2.23. The predicted octanol–water partition coefficient (Wildman–Crippen LogP) is 6.67. The lowest BCUT2D eigenvalue weighted by Gasteiger charge is -2.21. The van der Waals surface area contributed by atoms with E-state index < -0.39 is 0 Å². The first-order valence-electron chi connectivity index (χ1n) is 9.30. The van der Waals surface area contributed by atoms with E-state index in [1.54, 1.807) is 11.8 Å². The van der Waals surface area contributed by atoms with Gasteiger partial charge >= 0.3 is 5.97 Å². The summed E-state index contributed by atoms with van der Waals surface area (Å²) >= 11 is 7.86. The summed E-state index contributed by atoms with van der Waals surface area (Å²) < 4.78 is 5.19. The third kappa shape index (κ3) is 3.34. The van der Waals surface area contributed by atoms with Crippen molar-refractivity contribution in [3.8, 4) is 22.3 Å². The van der Waals surface area contributed by atoms with E-state index in [0.29, 0.717) is 10.6 Å². The number of fused-ring (bicyclic) bond motifs is 3. The van der Waals surface area contributed by atoms with Crippen molar-refractivity contribution >= 4 is 29.3 Å². The Morgan fingerprint density at radius 3 is 2.61 bits per heavy atom. The molecule has 0 spiro atoms. The van der Waals surface area contributed by atoms with E-state index in [0.717, 1.165) is 46.4 Å². The van der Waals surface area contributed by atoms with Crippen LogP contribution in [-0.2, 0) is 17.6 Å². The molecule has 0 N–H and O–H groups in total. The van der Waals surface area contributed by atoms with Crippen LogP contribution in [-0.4, -0.2) is 19.3 Å². The molecule has 0 amide bonds. The zero-order valence-electron chi connectivity index (χ0n) is 15.9. The van der Waals surface area contributed by atoms with E-state index in [4.69, 9.17) is 16.3 Å². The third-order valence-corrected chi connectivity index (χ3v) is 6.30. The van der Waals surface area contributed by atoms with Crippen LogP contribution in [0.5, 0.6) is 0 Å². The minimum absolute atomic E-state index is 0.282. The molecule has 0 radical (unpaired) electrons. The Balaban J connectivity index is 2.12. The number of carbonyl (C=O) groups excluding carboxylic acids is 1. The van der Waals surface area contributed by atoms with Gasteiger partial charge in [0.2, 0.25) is 0 Å². The van der Waals surface area contributed by atoms with Crippen LogP contribution in [0.4, 0.5) is 0 Å². The fourth-order valence-corrected chi connectivity index (χ4v) is 4.89. The van der Waals surface area contributed by atoms with Crippen LogP contribution in [0, 0.1) is 0 Å². The van der Waals surface area contributed by atoms with Gasteiger partial charge in [0, 0.05) is 15.5 Å². The van der Waals surface area contributed by atoms with E-state index in [-0.39, 0.29) is 5.97 Å². The zero-order chi connectivity index (χ0) is 19.7. The number of esters is 1. The summed E-state index contributed by atoms with van der Waals surface area (Å²) in [5.41, 5.74) is 7.52. The molecule has 0 aliphatic heterocycles. The number of carbonyl (C=O) groups is 1. The minimum Gasteiger partial charge on any atom is -0.465 e. The molecule has 28 heavy (non-hydrogen) atoms. The number of thioether (sulfide) groups is 1. The lowest BCUT2D eigenvalue weighted by Crippen LogP contribution is -2.09. The van der Waals surface area contributed by atoms with E-state index in [2.05, 4.69) is 30.3 Å². The molecule has 4 heteroatoms. The molecule has 3 aromatic rings. The molecule has 1 aliphatic rings. The highest BCUT2D eigenvalue weighted by Gasteiger charge is 2.27. The number of benzene rings is 3. The van der Waals surface area contributed by atoms with Crippen LogP contribution in [0.3, 0.4) is 0 Å². The van der Waals surface area contributed by atoms with Crippen LogP contribution < -0.4 is 0 Å². The third-order valence-electron chi connectivity index (χ3n) is 5.30. The lowest BCUT2D eigenvalue weighted by atomic mass is 9.86. The van der Waals surface area contributed by atoms with Gasteiger partial charge < -0.3 is 4.74 Å². The number of rotatable bonds is 3. The van der Waals surface area contributed by atoms with E-state index >= 15 is 0 Å². The fourth-order valence-electron chi connectivity index (χ4n) is 4.07. The SMILES string of the molecule is COC(=O)c1c(SC)cc(-c2cccc(Cl)c2)c2c1-c1ccccc1CCC2. The molecular weight excluding hydrogens is 388 g/mol. The predicted molar refractivity (Wildman–Crippen MR) is 117 cm³/mol. The molecule has 0 heterocycles. The molecule has 0 aromatic heterocycles. The second-order valence-electron chi connectivity index (χ2n) is 6.87. The average molecular weight is 409 g/mol. The van der Waals surface area contributed by atoms with Gasteiger partial charge in [-0.2, -0.15) is 0 Å². The highest BCUT2D eigenvalue weighted by atomic mass is 35.5. The first-order valence-corrected chi connectivity index (χ1v) is 10.9. The maximum absolute atomic E-state index is 12.8. The van der Waals surface area contributed by atoms with Crippen molar-refractivity contribution in [3.63, 3.8) is 0 Å². The van der Waals surface area contributed by atoms with E-state index in [9.17, 15) is 4.79 Å². The van der Waals surface area contributed by atoms with Gasteiger partial charge in [-0.15, -0.1) is 11.8 Å². The number of methoxy groups -OCH3 is 1. The topological polar surface area (TPSA) is 26.3 Å². The number of aryl methyl sites for hydroxylation is 1. The Morgan fingerprint density at radius 1 is 1.04 bits per heavy atom. The molecule has 0 bridgehead atoms. The lowest BCUT2D eigenvalue weighted by molar-refractivity contribution is 0.0597. The standard InChI is InChI=1S/C24H21ClO2S/c1-27-24(26)23-21(28-2)14-20(16-9-5-10-17(25)13-16)19-12-6-8-15-7-3-4-11-18(15)22(19)23/h3-5,7,9-11,13-14H,6,8,12H2,1-2H3. The van der Waals surface area contributed by atoms with Crippen molar-refractivity contribution in [1.29, 1.82) is 0 Å². The van der Waals surface area contributed by atoms with Crippen molar-refractivity contribution in [3.05, 3.63) is 76.3 Å². The van der Waals surface area contributed by atoms with E-state index in [1.807, 2.05) is 30.5 Å². The first kappa shape index (κ1) is 19.1. The summed E-state index contributed by atoms with van der Waals surface area (Å²) in [6.45, 7) is 0. The van der Waals surface area contributed by atoms with Crippen LogP contribution in [0.1, 0.15) is 27.9 Å². The van der Waals surface area contributed by atoms with Crippen molar-refractivity contribution < 1.29 is 9.53 Å². The summed E-state index contributed by atoms with van der Waals surface area (Å²) in [6, 6.07) is 18.5. The number of hydrogen-bond donors (Lipinski definition) is 0. The van der Waals surface area contributed by atoms with Gasteiger partial charge in [0.15, 0.2) is 0 Å². The van der Waals surface area contributed by atoms with Crippen LogP contribution in [0.25, 0.3) is 22.3 Å². The van der Waals surface area contributed by atoms with Crippen molar-refractivity contribution in [2.75, 3.05) is 13.4 Å². The van der Waals surface area contributed by atoms with Crippen molar-refractivity contribution in [2.45, 2.75) is 24.2 Å². The van der Waals surface area contributed by atoms with Gasteiger partial charge in [-0.05, 0) is 71.5 Å². The highest BCUT2D eigenvalue weighted by Crippen LogP contribution is 2.44. The molecule has 142 valence electrons. The Morgan fingerprint density at radius 2 is 1.86 bits per heavy atom. The van der Waals surface area contributed by atoms with Gasteiger partial charge in [0.1, 0.15) is 0 Å². The minimum atomic E-state index is -0.282. The molecule has 3 aromatic carbocycles. The maximum Gasteiger partial charge on any atom is 0.339 e. The van der Waals surface area contributed by atoms with Crippen molar-refractivity contribution in [2.24, 2.45) is 0 Å². The van der Waals surface area contributed by atoms with Crippen LogP contribution in [0.2, 0.25) is 5.02 Å². The number of halogens is 1. The molecule has 0 fully saturated rings. The largest absolute Gasteiger partial charge is 0.465 e. The molecule has 0 unspecified atom stereocenters. The van der Waals surface area contributed by atoms with Gasteiger partial charge in [0.05, 0.1) is 12.7 Å². The van der Waals surface area contributed by atoms with E-state index in [1.165, 1.54) is 18.2 Å². The van der Waals surface area contributed by atoms with Crippen LogP contribution in [0.15, 0.2) is 59.5 Å². The molecular formula is C24H21ClO2S. The monoisotopic (exact) mass is 408 g/mol. The summed E-state index contributed by atoms with van der Waals surface area (Å²) in [7, 11) is 1.45. The maximum atomic E-state index is 12.8. The van der Waals surface area contributed by atoms with Gasteiger partial charge in [-0.1, -0.05) is 48.0 Å². The molecule has 0 saturated heterocycles. The van der Waals surface area contributed by atoms with Crippen molar-refractivity contribution in [1.82, 2.24) is 0 Å². The Bertz CT molecular complexity index is 1060. The quantitative estimate of drug-likeness (QED) is 0.357. The molecule has 0 saturated carbocycles. The van der Waals surface area contributed by atoms with Gasteiger partial charge in [-0.25, -0.2) is 4.79 Å². The first-order chi connectivity index (χ1) is 13.6. The number of ether oxygens (including phenoxy) is 1. The van der Waals surface area contributed by atoms with Gasteiger partial charge in [-0.3, -0.25) is 0 Å². The normalized spacial score (nSPS) is 12.7. The second-order valence-corrected chi connectivity index (χ2v) is 8.15. The Labute approximate surface area is 174 Å². The molecule has 4 rings (SSSR count). The molecule has 0 atom stereocenters. The fraction of sp³-hybridized carbons (Fsp3) is 0.208. The van der Waals surface area contributed by atoms with Crippen LogP contribution >= 0.6 is 23.4 Å². The molecule has 2 nitrogen and oxygen atoms in total.